The van der Waals surface area contributed by atoms with Gasteiger partial charge in [0.2, 0.25) is 10.0 Å². The van der Waals surface area contributed by atoms with Crippen LogP contribution in [-0.2, 0) is 14.8 Å². The highest BCUT2D eigenvalue weighted by atomic mass is 32.2. The Morgan fingerprint density at radius 2 is 1.86 bits per heavy atom. The average molecular weight is 332 g/mol. The molecule has 0 bridgehead atoms. The van der Waals surface area contributed by atoms with Gasteiger partial charge in [0, 0.05) is 19.2 Å². The standard InChI is InChI=1S/C12H16N2O7S/c1-13(10-6-21-7-11(15)12(10)16)22(19,20)9-4-2-8(3-5-9)14(17)18/h2-5,10-12,15-16H,6-7H2,1H3/t10-,11-,12+/m0/s1. The highest BCUT2D eigenvalue weighted by Gasteiger charge is 2.39. The predicted molar refractivity (Wildman–Crippen MR) is 74.7 cm³/mol. The van der Waals surface area contributed by atoms with E-state index < -0.39 is 33.2 Å². The number of nitrogens with zero attached hydrogens (tertiary/aromatic N) is 2. The lowest BCUT2D eigenvalue weighted by molar-refractivity contribution is -0.384. The van der Waals surface area contributed by atoms with Crippen LogP contribution in [0.25, 0.3) is 0 Å². The molecule has 1 fully saturated rings. The highest BCUT2D eigenvalue weighted by Crippen LogP contribution is 2.23. The van der Waals surface area contributed by atoms with Crippen molar-refractivity contribution in [1.29, 1.82) is 0 Å². The van der Waals surface area contributed by atoms with E-state index >= 15 is 0 Å². The molecule has 1 aromatic rings. The van der Waals surface area contributed by atoms with Gasteiger partial charge in [-0.05, 0) is 12.1 Å². The van der Waals surface area contributed by atoms with Crippen molar-refractivity contribution >= 4 is 15.7 Å². The predicted octanol–water partition coefficient (Wildman–Crippen LogP) is -0.664. The van der Waals surface area contributed by atoms with Gasteiger partial charge in [-0.2, -0.15) is 4.31 Å². The molecule has 1 aromatic carbocycles. The first-order valence-corrected chi connectivity index (χ1v) is 7.85. The zero-order valence-corrected chi connectivity index (χ0v) is 12.5. The first-order chi connectivity index (χ1) is 10.2. The SMILES string of the molecule is CN([C@H]1COC[C@H](O)[C@@H]1O)S(=O)(=O)c1ccc([N+](=O)[O-])cc1. The molecule has 10 heteroatoms. The summed E-state index contributed by atoms with van der Waals surface area (Å²) < 4.78 is 30.9. The molecular formula is C12H16N2O7S. The number of rotatable bonds is 4. The number of hydrogen-bond donors (Lipinski definition) is 2. The molecule has 2 rings (SSSR count). The van der Waals surface area contributed by atoms with Crippen molar-refractivity contribution in [3.8, 4) is 0 Å². The second-order valence-electron chi connectivity index (χ2n) is 4.94. The van der Waals surface area contributed by atoms with Crippen LogP contribution < -0.4 is 0 Å². The van der Waals surface area contributed by atoms with Crippen LogP contribution in [0.4, 0.5) is 5.69 Å². The van der Waals surface area contributed by atoms with Crippen LogP contribution in [-0.4, -0.2) is 66.4 Å². The summed E-state index contributed by atoms with van der Waals surface area (Å²) in [7, 11) is -2.72. The number of benzene rings is 1. The summed E-state index contributed by atoms with van der Waals surface area (Å²) in [5.74, 6) is 0. The zero-order chi connectivity index (χ0) is 16.5. The van der Waals surface area contributed by atoms with Crippen molar-refractivity contribution in [2.45, 2.75) is 23.1 Å². The van der Waals surface area contributed by atoms with Crippen LogP contribution in [0.5, 0.6) is 0 Å². The van der Waals surface area contributed by atoms with Gasteiger partial charge < -0.3 is 14.9 Å². The van der Waals surface area contributed by atoms with E-state index in [1.807, 2.05) is 0 Å². The minimum atomic E-state index is -3.98. The topological polar surface area (TPSA) is 130 Å². The van der Waals surface area contributed by atoms with E-state index in [0.29, 0.717) is 0 Å². The third kappa shape index (κ3) is 3.10. The van der Waals surface area contributed by atoms with E-state index in [0.717, 1.165) is 28.6 Å². The summed E-state index contributed by atoms with van der Waals surface area (Å²) in [6, 6.07) is 3.48. The summed E-state index contributed by atoms with van der Waals surface area (Å²) in [6.45, 7) is -0.121. The molecule has 1 aliphatic rings. The second-order valence-corrected chi connectivity index (χ2v) is 6.93. The van der Waals surface area contributed by atoms with Gasteiger partial charge in [0.05, 0.1) is 29.1 Å². The molecule has 0 spiro atoms. The van der Waals surface area contributed by atoms with Gasteiger partial charge >= 0.3 is 0 Å². The number of aliphatic hydroxyl groups is 2. The Labute approximate surface area is 126 Å². The number of nitro benzene ring substituents is 1. The van der Waals surface area contributed by atoms with Gasteiger partial charge in [0.15, 0.2) is 0 Å². The fourth-order valence-corrected chi connectivity index (χ4v) is 3.52. The van der Waals surface area contributed by atoms with E-state index in [-0.39, 0.29) is 23.8 Å². The van der Waals surface area contributed by atoms with Crippen molar-refractivity contribution in [1.82, 2.24) is 4.31 Å². The molecule has 0 aromatic heterocycles. The van der Waals surface area contributed by atoms with Crippen LogP contribution in [0.2, 0.25) is 0 Å². The van der Waals surface area contributed by atoms with Crippen molar-refractivity contribution in [3.05, 3.63) is 34.4 Å². The molecule has 0 amide bonds. The van der Waals surface area contributed by atoms with Gasteiger partial charge in [-0.1, -0.05) is 0 Å². The number of likely N-dealkylation sites (N-methyl/N-ethyl adjacent to an activating group) is 1. The van der Waals surface area contributed by atoms with Gasteiger partial charge in [0.1, 0.15) is 12.2 Å². The maximum Gasteiger partial charge on any atom is 0.269 e. The van der Waals surface area contributed by atoms with Crippen LogP contribution >= 0.6 is 0 Å². The van der Waals surface area contributed by atoms with E-state index in [4.69, 9.17) is 4.74 Å². The Bertz CT molecular complexity index is 646. The third-order valence-electron chi connectivity index (χ3n) is 3.56. The van der Waals surface area contributed by atoms with Crippen LogP contribution in [0, 0.1) is 10.1 Å². The molecular weight excluding hydrogens is 316 g/mol. The monoisotopic (exact) mass is 332 g/mol. The summed E-state index contributed by atoms with van der Waals surface area (Å²) in [4.78, 5) is 9.82. The Morgan fingerprint density at radius 3 is 2.41 bits per heavy atom. The normalized spacial score (nSPS) is 26.1. The molecule has 1 aliphatic heterocycles. The molecule has 1 saturated heterocycles. The Hall–Kier alpha value is -1.59. The zero-order valence-electron chi connectivity index (χ0n) is 11.7. The molecule has 0 unspecified atom stereocenters. The van der Waals surface area contributed by atoms with Crippen molar-refractivity contribution in [3.63, 3.8) is 0 Å². The first kappa shape index (κ1) is 16.8. The molecule has 1 heterocycles. The van der Waals surface area contributed by atoms with Crippen LogP contribution in [0.1, 0.15) is 0 Å². The number of non-ortho nitro benzene ring substituents is 1. The Kier molecular flexibility index (Phi) is 4.78. The number of ether oxygens (including phenoxy) is 1. The Balaban J connectivity index is 2.27. The quantitative estimate of drug-likeness (QED) is 0.552. The molecule has 0 saturated carbocycles. The molecule has 122 valence electrons. The summed E-state index contributed by atoms with van der Waals surface area (Å²) in [6.07, 6.45) is -2.44. The maximum absolute atomic E-state index is 12.5. The summed E-state index contributed by atoms with van der Waals surface area (Å²) in [5, 5.41) is 30.1. The van der Waals surface area contributed by atoms with Crippen LogP contribution in [0.15, 0.2) is 29.2 Å². The third-order valence-corrected chi connectivity index (χ3v) is 5.45. The minimum Gasteiger partial charge on any atom is -0.389 e. The van der Waals surface area contributed by atoms with E-state index in [1.165, 1.54) is 7.05 Å². The maximum atomic E-state index is 12.5. The number of aliphatic hydroxyl groups excluding tert-OH is 2. The van der Waals surface area contributed by atoms with Crippen LogP contribution in [0.3, 0.4) is 0 Å². The molecule has 22 heavy (non-hydrogen) atoms. The highest BCUT2D eigenvalue weighted by molar-refractivity contribution is 7.89. The number of sulfonamides is 1. The minimum absolute atomic E-state index is 0.0546. The lowest BCUT2D eigenvalue weighted by Gasteiger charge is -2.36. The molecule has 0 radical (unpaired) electrons. The largest absolute Gasteiger partial charge is 0.389 e. The molecule has 3 atom stereocenters. The van der Waals surface area contributed by atoms with Gasteiger partial charge in [-0.15, -0.1) is 0 Å². The summed E-state index contributed by atoms with van der Waals surface area (Å²) in [5.41, 5.74) is -0.224. The van der Waals surface area contributed by atoms with Crippen molar-refractivity contribution < 1.29 is 28.3 Å². The lowest BCUT2D eigenvalue weighted by Crippen LogP contribution is -2.56. The van der Waals surface area contributed by atoms with Crippen molar-refractivity contribution in [2.75, 3.05) is 20.3 Å². The average Bonchev–Trinajstić information content (AvgIpc) is 2.49. The first-order valence-electron chi connectivity index (χ1n) is 6.41. The van der Waals surface area contributed by atoms with Gasteiger partial charge in [-0.25, -0.2) is 8.42 Å². The van der Waals surface area contributed by atoms with Gasteiger partial charge in [-0.3, -0.25) is 10.1 Å². The summed E-state index contributed by atoms with van der Waals surface area (Å²) >= 11 is 0. The Morgan fingerprint density at radius 1 is 1.27 bits per heavy atom. The smallest absolute Gasteiger partial charge is 0.269 e. The van der Waals surface area contributed by atoms with Crippen molar-refractivity contribution in [2.24, 2.45) is 0 Å². The second kappa shape index (κ2) is 6.26. The van der Waals surface area contributed by atoms with E-state index in [2.05, 4.69) is 0 Å². The number of nitro groups is 1. The lowest BCUT2D eigenvalue weighted by atomic mass is 10.0. The fourth-order valence-electron chi connectivity index (χ4n) is 2.17. The molecule has 9 nitrogen and oxygen atoms in total. The number of hydrogen-bond acceptors (Lipinski definition) is 7. The van der Waals surface area contributed by atoms with E-state index in [1.54, 1.807) is 0 Å². The fraction of sp³-hybridized carbons (Fsp3) is 0.500. The van der Waals surface area contributed by atoms with E-state index in [9.17, 15) is 28.7 Å². The molecule has 2 N–H and O–H groups in total. The molecule has 0 aliphatic carbocycles. The van der Waals surface area contributed by atoms with Gasteiger partial charge in [0.25, 0.3) is 5.69 Å².